The zero-order chi connectivity index (χ0) is 21.1. The number of aromatic nitrogens is 2. The summed E-state index contributed by atoms with van der Waals surface area (Å²) >= 11 is 5.94. The first kappa shape index (κ1) is 20.4. The Balaban J connectivity index is 1.47. The Kier molecular flexibility index (Phi) is 5.77. The van der Waals surface area contributed by atoms with Crippen molar-refractivity contribution in [3.05, 3.63) is 76.9 Å². The Morgan fingerprint density at radius 2 is 1.93 bits per heavy atom. The predicted molar refractivity (Wildman–Crippen MR) is 113 cm³/mol. The lowest BCUT2D eigenvalue weighted by Crippen LogP contribution is -2.48. The second kappa shape index (κ2) is 8.48. The Bertz CT molecular complexity index is 1000. The number of halogens is 1. The van der Waals surface area contributed by atoms with Crippen LogP contribution in [0.2, 0.25) is 5.02 Å². The normalized spacial score (nSPS) is 16.6. The molecule has 0 radical (unpaired) electrons. The monoisotopic (exact) mass is 425 g/mol. The molecular weight excluding hydrogens is 402 g/mol. The smallest absolute Gasteiger partial charge is 0.266 e. The molecule has 1 unspecified atom stereocenters. The number of carbonyl (C=O) groups is 1. The molecule has 1 aliphatic heterocycles. The number of carbonyl (C=O) groups excluding carboxylic acids is 1. The summed E-state index contributed by atoms with van der Waals surface area (Å²) in [6.07, 6.45) is 2.26. The molecule has 2 heterocycles. The number of nitrogens with zero attached hydrogens (tertiary/aromatic N) is 3. The number of amides is 1. The molecule has 1 saturated heterocycles. The molecule has 1 aromatic heterocycles. The van der Waals surface area contributed by atoms with E-state index in [-0.39, 0.29) is 11.9 Å². The fraction of sp³-hybridized carbons (Fsp3) is 0.348. The highest BCUT2D eigenvalue weighted by atomic mass is 35.5. The topological polar surface area (TPSA) is 68.5 Å². The highest BCUT2D eigenvalue weighted by Crippen LogP contribution is 2.34. The van der Waals surface area contributed by atoms with E-state index in [2.05, 4.69) is 10.1 Å². The summed E-state index contributed by atoms with van der Waals surface area (Å²) in [7, 11) is 0. The van der Waals surface area contributed by atoms with Crippen LogP contribution in [0.1, 0.15) is 50.0 Å². The van der Waals surface area contributed by atoms with Gasteiger partial charge in [-0.2, -0.15) is 4.98 Å². The van der Waals surface area contributed by atoms with Crippen molar-refractivity contribution in [3.8, 4) is 5.75 Å². The first-order chi connectivity index (χ1) is 14.4. The fourth-order valence-corrected chi connectivity index (χ4v) is 3.83. The quantitative estimate of drug-likeness (QED) is 0.565. The van der Waals surface area contributed by atoms with E-state index in [9.17, 15) is 4.79 Å². The van der Waals surface area contributed by atoms with Crippen molar-refractivity contribution in [2.75, 3.05) is 6.54 Å². The molecule has 0 spiro atoms. The molecule has 7 heteroatoms. The van der Waals surface area contributed by atoms with Crippen LogP contribution in [-0.2, 0) is 11.2 Å². The third-order valence-electron chi connectivity index (χ3n) is 5.19. The predicted octanol–water partition coefficient (Wildman–Crippen LogP) is 4.83. The molecule has 0 saturated carbocycles. The van der Waals surface area contributed by atoms with Gasteiger partial charge in [-0.1, -0.05) is 47.1 Å². The van der Waals surface area contributed by atoms with Crippen LogP contribution in [0.3, 0.4) is 0 Å². The van der Waals surface area contributed by atoms with Crippen LogP contribution >= 0.6 is 11.6 Å². The van der Waals surface area contributed by atoms with Gasteiger partial charge >= 0.3 is 0 Å². The van der Waals surface area contributed by atoms with Gasteiger partial charge in [0.25, 0.3) is 5.91 Å². The summed E-state index contributed by atoms with van der Waals surface area (Å²) in [4.78, 5) is 19.7. The van der Waals surface area contributed by atoms with Crippen LogP contribution in [0.25, 0.3) is 0 Å². The maximum Gasteiger partial charge on any atom is 0.266 e. The highest BCUT2D eigenvalue weighted by Gasteiger charge is 2.42. The average molecular weight is 426 g/mol. The summed E-state index contributed by atoms with van der Waals surface area (Å²) in [6.45, 7) is 4.18. The lowest BCUT2D eigenvalue weighted by molar-refractivity contribution is -0.147. The maximum absolute atomic E-state index is 13.3. The molecule has 1 atom stereocenters. The van der Waals surface area contributed by atoms with Gasteiger partial charge < -0.3 is 14.2 Å². The number of hydrogen-bond donors (Lipinski definition) is 0. The van der Waals surface area contributed by atoms with E-state index in [0.717, 1.165) is 18.4 Å². The summed E-state index contributed by atoms with van der Waals surface area (Å²) in [5, 5.41) is 4.74. The van der Waals surface area contributed by atoms with Crippen LogP contribution in [0, 0.1) is 0 Å². The average Bonchev–Trinajstić information content (AvgIpc) is 3.39. The van der Waals surface area contributed by atoms with E-state index in [1.807, 2.05) is 30.3 Å². The van der Waals surface area contributed by atoms with Crippen molar-refractivity contribution in [3.63, 3.8) is 0 Å². The maximum atomic E-state index is 13.3. The number of rotatable bonds is 6. The van der Waals surface area contributed by atoms with Gasteiger partial charge in [0.1, 0.15) is 11.8 Å². The minimum absolute atomic E-state index is 0.109. The van der Waals surface area contributed by atoms with E-state index in [1.165, 1.54) is 0 Å². The van der Waals surface area contributed by atoms with Gasteiger partial charge in [-0.25, -0.2) is 0 Å². The van der Waals surface area contributed by atoms with Gasteiger partial charge in [0.2, 0.25) is 5.89 Å². The molecule has 156 valence electrons. The van der Waals surface area contributed by atoms with Crippen LogP contribution in [-0.4, -0.2) is 33.1 Å². The van der Waals surface area contributed by atoms with Crippen LogP contribution in [0.4, 0.5) is 0 Å². The van der Waals surface area contributed by atoms with Crippen LogP contribution in [0.5, 0.6) is 5.75 Å². The van der Waals surface area contributed by atoms with E-state index in [4.69, 9.17) is 20.9 Å². The molecular formula is C23H24ClN3O3. The standard InChI is InChI=1S/C23H24ClN3O3/c1-23(2,29-18-12-10-17(24)11-13-18)22(28)27-14-6-9-19(27)21-25-20(26-30-21)15-16-7-4-3-5-8-16/h3-5,7-8,10-13,19H,6,9,14-15H2,1-2H3. The number of likely N-dealkylation sites (tertiary alicyclic amines) is 1. The zero-order valence-electron chi connectivity index (χ0n) is 17.0. The molecule has 1 amide bonds. The van der Waals surface area contributed by atoms with Crippen molar-refractivity contribution in [2.45, 2.75) is 44.8 Å². The minimum atomic E-state index is -1.04. The molecule has 30 heavy (non-hydrogen) atoms. The lowest BCUT2D eigenvalue weighted by atomic mass is 10.1. The van der Waals surface area contributed by atoms with E-state index < -0.39 is 5.60 Å². The molecule has 3 aromatic rings. The first-order valence-electron chi connectivity index (χ1n) is 10.0. The Morgan fingerprint density at radius 3 is 2.67 bits per heavy atom. The Labute approximate surface area is 180 Å². The SMILES string of the molecule is CC(C)(Oc1ccc(Cl)cc1)C(=O)N1CCCC1c1nc(Cc2ccccc2)no1. The van der Waals surface area contributed by atoms with Crippen molar-refractivity contribution >= 4 is 17.5 Å². The number of ether oxygens (including phenoxy) is 1. The molecule has 0 aliphatic carbocycles. The van der Waals surface area contributed by atoms with E-state index in [1.54, 1.807) is 43.0 Å². The third-order valence-corrected chi connectivity index (χ3v) is 5.44. The molecule has 0 bridgehead atoms. The molecule has 6 nitrogen and oxygen atoms in total. The second-order valence-electron chi connectivity index (χ2n) is 7.93. The summed E-state index contributed by atoms with van der Waals surface area (Å²) in [5.41, 5.74) is 0.0743. The van der Waals surface area contributed by atoms with Gasteiger partial charge in [-0.15, -0.1) is 0 Å². The lowest BCUT2D eigenvalue weighted by Gasteiger charge is -2.32. The van der Waals surface area contributed by atoms with E-state index in [0.29, 0.717) is 35.5 Å². The largest absolute Gasteiger partial charge is 0.478 e. The molecule has 2 aromatic carbocycles. The molecule has 4 rings (SSSR count). The van der Waals surface area contributed by atoms with Crippen molar-refractivity contribution < 1.29 is 14.1 Å². The van der Waals surface area contributed by atoms with E-state index >= 15 is 0 Å². The molecule has 1 aliphatic rings. The first-order valence-corrected chi connectivity index (χ1v) is 10.4. The van der Waals surface area contributed by atoms with Gasteiger partial charge in [-0.05, 0) is 56.5 Å². The highest BCUT2D eigenvalue weighted by molar-refractivity contribution is 6.30. The number of benzene rings is 2. The minimum Gasteiger partial charge on any atom is -0.478 e. The Morgan fingerprint density at radius 1 is 1.20 bits per heavy atom. The zero-order valence-corrected chi connectivity index (χ0v) is 17.8. The fourth-order valence-electron chi connectivity index (χ4n) is 3.71. The van der Waals surface area contributed by atoms with Gasteiger partial charge in [0.05, 0.1) is 0 Å². The van der Waals surface area contributed by atoms with Crippen molar-refractivity contribution in [1.82, 2.24) is 15.0 Å². The van der Waals surface area contributed by atoms with Crippen LogP contribution < -0.4 is 4.74 Å². The second-order valence-corrected chi connectivity index (χ2v) is 8.37. The molecule has 1 fully saturated rings. The van der Waals surface area contributed by atoms with Gasteiger partial charge in [0.15, 0.2) is 11.4 Å². The van der Waals surface area contributed by atoms with Gasteiger partial charge in [-0.3, -0.25) is 4.79 Å². The summed E-state index contributed by atoms with van der Waals surface area (Å²) in [6, 6.07) is 16.7. The number of hydrogen-bond acceptors (Lipinski definition) is 5. The molecule has 0 N–H and O–H groups in total. The van der Waals surface area contributed by atoms with Crippen LogP contribution in [0.15, 0.2) is 59.1 Å². The van der Waals surface area contributed by atoms with Crippen molar-refractivity contribution in [2.24, 2.45) is 0 Å². The Hall–Kier alpha value is -2.86. The summed E-state index contributed by atoms with van der Waals surface area (Å²) < 4.78 is 11.5. The summed E-state index contributed by atoms with van der Waals surface area (Å²) in [5.74, 6) is 1.58. The van der Waals surface area contributed by atoms with Crippen molar-refractivity contribution in [1.29, 1.82) is 0 Å². The van der Waals surface area contributed by atoms with Gasteiger partial charge in [0, 0.05) is 18.0 Å². The third kappa shape index (κ3) is 4.49.